The summed E-state index contributed by atoms with van der Waals surface area (Å²) in [6.45, 7) is 12.9. The molecule has 3 N–H and O–H groups in total. The number of unbranched alkanes of at least 4 members (excludes halogenated alkanes) is 2. The Hall–Kier alpha value is -3.42. The molecular formula is C39H58N2O10. The quantitative estimate of drug-likeness (QED) is 0.0768. The molecule has 1 aliphatic heterocycles. The first-order valence-electron chi connectivity index (χ1n) is 18.5. The maximum absolute atomic E-state index is 13.9. The second kappa shape index (κ2) is 20.6. The van der Waals surface area contributed by atoms with Crippen molar-refractivity contribution in [1.29, 1.82) is 0 Å². The van der Waals surface area contributed by atoms with Crippen LogP contribution >= 0.6 is 0 Å². The number of carbonyl (C=O) groups excluding carboxylic acids is 1. The Labute approximate surface area is 302 Å². The predicted molar refractivity (Wildman–Crippen MR) is 194 cm³/mol. The Balaban J connectivity index is 2.01. The van der Waals surface area contributed by atoms with Crippen LogP contribution in [0.15, 0.2) is 60.3 Å². The molecule has 12 nitrogen and oxygen atoms in total. The number of nitrogens with zero attached hydrogens (tertiary/aromatic N) is 2. The van der Waals surface area contributed by atoms with Crippen LogP contribution < -0.4 is 9.47 Å². The average Bonchev–Trinajstić information content (AvgIpc) is 3.14. The van der Waals surface area contributed by atoms with Crippen LogP contribution in [0.3, 0.4) is 0 Å². The number of fused-ring (bicyclic) bond motifs is 2. The third-order valence-corrected chi connectivity index (χ3v) is 9.91. The van der Waals surface area contributed by atoms with Crippen molar-refractivity contribution in [3.8, 4) is 11.5 Å². The molecule has 12 heteroatoms. The van der Waals surface area contributed by atoms with Crippen LogP contribution in [0, 0.1) is 17.8 Å². The summed E-state index contributed by atoms with van der Waals surface area (Å²) in [6, 6.07) is 5.09. The number of ether oxygens (including phenoxy) is 5. The minimum atomic E-state index is -1.40. The van der Waals surface area contributed by atoms with Gasteiger partial charge in [0.15, 0.2) is 0 Å². The zero-order valence-electron chi connectivity index (χ0n) is 30.4. The first-order valence-corrected chi connectivity index (χ1v) is 18.5. The van der Waals surface area contributed by atoms with Crippen molar-refractivity contribution in [3.05, 3.63) is 60.7 Å². The van der Waals surface area contributed by atoms with Crippen LogP contribution in [0.1, 0.15) is 70.3 Å². The first-order chi connectivity index (χ1) is 24.9. The summed E-state index contributed by atoms with van der Waals surface area (Å²) in [4.78, 5) is 21.3. The van der Waals surface area contributed by atoms with Gasteiger partial charge in [-0.1, -0.05) is 42.8 Å². The van der Waals surface area contributed by atoms with E-state index >= 15 is 0 Å². The molecule has 4 rings (SSSR count). The van der Waals surface area contributed by atoms with Gasteiger partial charge in [-0.3, -0.25) is 4.90 Å². The van der Waals surface area contributed by atoms with Crippen LogP contribution in [-0.2, 0) is 19.0 Å². The van der Waals surface area contributed by atoms with E-state index in [1.165, 1.54) is 0 Å². The van der Waals surface area contributed by atoms with E-state index in [4.69, 9.17) is 28.5 Å². The maximum atomic E-state index is 13.9. The van der Waals surface area contributed by atoms with Gasteiger partial charge in [0.1, 0.15) is 30.8 Å². The van der Waals surface area contributed by atoms with E-state index in [-0.39, 0.29) is 77.0 Å². The molecule has 0 saturated heterocycles. The number of hydrogen-bond donors (Lipinski definition) is 3. The van der Waals surface area contributed by atoms with Gasteiger partial charge in [0.2, 0.25) is 5.79 Å². The number of rotatable bonds is 23. The normalized spacial score (nSPS) is 25.5. The Morgan fingerprint density at radius 2 is 1.78 bits per heavy atom. The largest absolute Gasteiger partial charge is 0.490 e. The van der Waals surface area contributed by atoms with Crippen molar-refractivity contribution >= 4 is 11.8 Å². The van der Waals surface area contributed by atoms with E-state index in [0.29, 0.717) is 43.3 Å². The van der Waals surface area contributed by atoms with E-state index in [1.54, 1.807) is 24.0 Å². The molecule has 6 unspecified atom stereocenters. The second-order valence-electron chi connectivity index (χ2n) is 13.0. The molecule has 1 fully saturated rings. The summed E-state index contributed by atoms with van der Waals surface area (Å²) >= 11 is 0. The molecule has 51 heavy (non-hydrogen) atoms. The molecule has 1 aromatic rings. The Morgan fingerprint density at radius 1 is 1.02 bits per heavy atom. The SMILES string of the molecule is C=CCOc1ccc2c(c1)C1C(CCCCO)C(CCCCO)C=C3C(=NOCC)CC(N(CCOCCO)C(=O)OCC)C(OCC=C)(O2)C31. The van der Waals surface area contributed by atoms with Crippen molar-refractivity contribution < 1.29 is 48.6 Å². The Kier molecular flexibility index (Phi) is 16.3. The highest BCUT2D eigenvalue weighted by Crippen LogP contribution is 2.61. The number of aliphatic hydroxyl groups excluding tert-OH is 3. The molecule has 0 spiro atoms. The molecule has 0 radical (unpaired) electrons. The van der Waals surface area contributed by atoms with Gasteiger partial charge in [0.05, 0.1) is 44.7 Å². The molecule has 1 heterocycles. The van der Waals surface area contributed by atoms with E-state index in [9.17, 15) is 20.1 Å². The van der Waals surface area contributed by atoms with Crippen molar-refractivity contribution in [1.82, 2.24) is 4.90 Å². The highest BCUT2D eigenvalue weighted by molar-refractivity contribution is 6.02. The van der Waals surface area contributed by atoms with E-state index in [0.717, 1.165) is 36.8 Å². The van der Waals surface area contributed by atoms with Gasteiger partial charge >= 0.3 is 6.09 Å². The lowest BCUT2D eigenvalue weighted by atomic mass is 9.55. The van der Waals surface area contributed by atoms with Crippen molar-refractivity contribution in [3.63, 3.8) is 0 Å². The number of oxime groups is 1. The van der Waals surface area contributed by atoms with Gasteiger partial charge in [-0.15, -0.1) is 6.58 Å². The lowest BCUT2D eigenvalue weighted by Crippen LogP contribution is -2.70. The monoisotopic (exact) mass is 714 g/mol. The van der Waals surface area contributed by atoms with Crippen LogP contribution in [-0.4, -0.2) is 110 Å². The van der Waals surface area contributed by atoms with E-state index in [2.05, 4.69) is 24.4 Å². The van der Waals surface area contributed by atoms with Crippen molar-refractivity contribution in [2.24, 2.45) is 22.9 Å². The molecule has 1 amide bonds. The highest BCUT2D eigenvalue weighted by Gasteiger charge is 2.65. The molecule has 1 saturated carbocycles. The highest BCUT2D eigenvalue weighted by atomic mass is 16.7. The Bertz CT molecular complexity index is 1330. The van der Waals surface area contributed by atoms with Gasteiger partial charge in [-0.2, -0.15) is 0 Å². The first kappa shape index (κ1) is 40.4. The molecule has 1 aromatic carbocycles. The minimum absolute atomic E-state index is 0.0871. The van der Waals surface area contributed by atoms with Crippen LogP contribution in [0.5, 0.6) is 11.5 Å². The molecular weight excluding hydrogens is 656 g/mol. The van der Waals surface area contributed by atoms with Gasteiger partial charge in [-0.05, 0) is 75.1 Å². The van der Waals surface area contributed by atoms with Crippen LogP contribution in [0.4, 0.5) is 4.79 Å². The Morgan fingerprint density at radius 3 is 2.47 bits per heavy atom. The van der Waals surface area contributed by atoms with Crippen molar-refractivity contribution in [2.45, 2.75) is 76.5 Å². The predicted octanol–water partition coefficient (Wildman–Crippen LogP) is 5.37. The van der Waals surface area contributed by atoms with E-state index < -0.39 is 23.8 Å². The molecule has 6 atom stereocenters. The fraction of sp³-hybridized carbons (Fsp3) is 0.641. The molecule has 0 bridgehead atoms. The number of amides is 1. The fourth-order valence-corrected chi connectivity index (χ4v) is 7.95. The smallest absolute Gasteiger partial charge is 0.410 e. The van der Waals surface area contributed by atoms with Crippen LogP contribution in [0.2, 0.25) is 0 Å². The number of benzene rings is 1. The molecule has 2 aliphatic carbocycles. The number of allylic oxidation sites excluding steroid dienone is 1. The van der Waals surface area contributed by atoms with Crippen LogP contribution in [0.25, 0.3) is 0 Å². The third-order valence-electron chi connectivity index (χ3n) is 9.91. The van der Waals surface area contributed by atoms with Crippen molar-refractivity contribution in [2.75, 3.05) is 66.0 Å². The summed E-state index contributed by atoms with van der Waals surface area (Å²) in [5.41, 5.74) is 2.62. The number of aliphatic hydroxyl groups is 3. The average molecular weight is 715 g/mol. The summed E-state index contributed by atoms with van der Waals surface area (Å²) in [5, 5.41) is 33.6. The number of carbonyl (C=O) groups is 1. The summed E-state index contributed by atoms with van der Waals surface area (Å²) < 4.78 is 31.4. The number of hydrogen-bond acceptors (Lipinski definition) is 11. The summed E-state index contributed by atoms with van der Waals surface area (Å²) in [6.07, 6.45) is 10.1. The van der Waals surface area contributed by atoms with Gasteiger partial charge in [-0.25, -0.2) is 4.79 Å². The lowest BCUT2D eigenvalue weighted by molar-refractivity contribution is -0.256. The third kappa shape index (κ3) is 9.53. The summed E-state index contributed by atoms with van der Waals surface area (Å²) in [7, 11) is 0. The zero-order valence-corrected chi connectivity index (χ0v) is 30.4. The molecule has 284 valence electrons. The van der Waals surface area contributed by atoms with Gasteiger partial charge in [0.25, 0.3) is 0 Å². The van der Waals surface area contributed by atoms with Gasteiger partial charge < -0.3 is 43.8 Å². The second-order valence-corrected chi connectivity index (χ2v) is 13.0. The zero-order chi connectivity index (χ0) is 36.6. The minimum Gasteiger partial charge on any atom is -0.490 e. The molecule has 0 aromatic heterocycles. The van der Waals surface area contributed by atoms with Gasteiger partial charge in [0, 0.05) is 37.7 Å². The standard InChI is InChI=1S/C39H58N2O10/c1-5-21-48-29-15-16-34-32(26-29)36-30(14-10-12-19-43)28(13-9-11-18-42)25-31-33(40-50-8-4)27-35(39(51-34,37(31)36)49-22-6-2)41(38(45)47-7-3)17-23-46-24-20-44/h5-6,15-16,25-26,28,30,35-37,42-44H,1-2,7-14,17-24,27H2,3-4H3. The summed E-state index contributed by atoms with van der Waals surface area (Å²) in [5.74, 6) is -0.504. The lowest BCUT2D eigenvalue weighted by Gasteiger charge is -2.59. The fourth-order valence-electron chi connectivity index (χ4n) is 7.95. The topological polar surface area (TPSA) is 149 Å². The van der Waals surface area contributed by atoms with E-state index in [1.807, 2.05) is 25.1 Å². The maximum Gasteiger partial charge on any atom is 0.410 e. The molecule has 3 aliphatic rings.